The minimum Gasteiger partial charge on any atom is -0.510 e. The number of amides is 1. The van der Waals surface area contributed by atoms with Gasteiger partial charge >= 0.3 is 11.9 Å². The minimum atomic E-state index is -2.10. The third kappa shape index (κ3) is 14.1. The zero-order valence-electron chi connectivity index (χ0n) is 38.6. The Morgan fingerprint density at radius 2 is 1.75 bits per heavy atom. The van der Waals surface area contributed by atoms with Crippen molar-refractivity contribution in [2.45, 2.75) is 143 Å². The van der Waals surface area contributed by atoms with Crippen LogP contribution in [0.15, 0.2) is 83.0 Å². The van der Waals surface area contributed by atoms with Crippen molar-refractivity contribution in [2.75, 3.05) is 14.2 Å². The standard InChI is InChI=1S/C48H71NO14/c1-12-15-36-30(7)39(61-41(53)21-20-40(52)49-42-34(50)18-19-35(42)51)25-48(58,63-36)32(9)45(56)31(8)46-37(59-10)17-14-16-26(3)22-28(5)43(54)33(13-2)44(55)29(6)23-27(4)24-38(60-11)47(57)62-46/h12,14-17,20-21,23-24,28-33,36-37,39,43-46,50,54-56,58H,13,18-19,22,25H2,1-11H3,(H,49,52)/b15-12+,17-14+,21-20+,26-16+,27-23+,38-24+/t28-,29-,30-,31+,32+,33+,36-,37+,39-,43+,44-,45-,46-,48-/m1/s1. The summed E-state index contributed by atoms with van der Waals surface area (Å²) in [4.78, 5) is 51.4. The van der Waals surface area contributed by atoms with E-state index in [1.165, 1.54) is 20.3 Å². The summed E-state index contributed by atoms with van der Waals surface area (Å²) in [5.41, 5.74) is 1.32. The predicted octanol–water partition coefficient (Wildman–Crippen LogP) is 5.36. The van der Waals surface area contributed by atoms with Crippen LogP contribution in [-0.2, 0) is 42.9 Å². The van der Waals surface area contributed by atoms with E-state index in [0.29, 0.717) is 18.4 Å². The molecule has 15 heteroatoms. The Labute approximate surface area is 372 Å². The van der Waals surface area contributed by atoms with Gasteiger partial charge in [0.1, 0.15) is 29.8 Å². The smallest absolute Gasteiger partial charge is 0.373 e. The number of ketones is 1. The first-order valence-electron chi connectivity index (χ1n) is 21.9. The highest BCUT2D eigenvalue weighted by molar-refractivity contribution is 6.04. The molecule has 63 heavy (non-hydrogen) atoms. The zero-order valence-corrected chi connectivity index (χ0v) is 38.6. The van der Waals surface area contributed by atoms with Crippen LogP contribution < -0.4 is 5.32 Å². The van der Waals surface area contributed by atoms with Crippen molar-refractivity contribution in [3.05, 3.63) is 83.0 Å². The average Bonchev–Trinajstić information content (AvgIpc) is 3.55. The van der Waals surface area contributed by atoms with Gasteiger partial charge in [-0.2, -0.15) is 0 Å². The van der Waals surface area contributed by atoms with Gasteiger partial charge in [-0.05, 0) is 45.6 Å². The van der Waals surface area contributed by atoms with E-state index in [2.05, 4.69) is 5.32 Å². The molecule has 0 radical (unpaired) electrons. The lowest BCUT2D eigenvalue weighted by Gasteiger charge is -2.48. The van der Waals surface area contributed by atoms with Crippen LogP contribution in [0.25, 0.3) is 0 Å². The fraction of sp³-hybridized carbons (Fsp3) is 0.625. The van der Waals surface area contributed by atoms with Crippen molar-refractivity contribution >= 4 is 23.6 Å². The number of Topliss-reactive ketones (excluding diaryl/α,β-unsaturated/α-hetero) is 1. The molecule has 0 unspecified atom stereocenters. The lowest BCUT2D eigenvalue weighted by molar-refractivity contribution is -0.314. The highest BCUT2D eigenvalue weighted by Gasteiger charge is 2.52. The van der Waals surface area contributed by atoms with Crippen LogP contribution in [0.5, 0.6) is 0 Å². The van der Waals surface area contributed by atoms with E-state index in [-0.39, 0.29) is 48.3 Å². The third-order valence-electron chi connectivity index (χ3n) is 12.6. The van der Waals surface area contributed by atoms with E-state index in [0.717, 1.165) is 17.7 Å². The van der Waals surface area contributed by atoms with Crippen molar-refractivity contribution in [3.63, 3.8) is 0 Å². The Balaban J connectivity index is 1.97. The monoisotopic (exact) mass is 885 g/mol. The minimum absolute atomic E-state index is 0.0618. The molecule has 14 atom stereocenters. The second-order valence-electron chi connectivity index (χ2n) is 17.4. The number of aliphatic hydroxyl groups is 5. The van der Waals surface area contributed by atoms with Crippen LogP contribution in [0.1, 0.15) is 94.4 Å². The quantitative estimate of drug-likeness (QED) is 0.0825. The van der Waals surface area contributed by atoms with E-state index in [9.17, 15) is 44.7 Å². The van der Waals surface area contributed by atoms with E-state index >= 15 is 0 Å². The summed E-state index contributed by atoms with van der Waals surface area (Å²) in [5, 5.41) is 59.2. The van der Waals surface area contributed by atoms with Gasteiger partial charge in [-0.15, -0.1) is 0 Å². The highest BCUT2D eigenvalue weighted by atomic mass is 16.6. The van der Waals surface area contributed by atoms with Gasteiger partial charge < -0.3 is 54.5 Å². The van der Waals surface area contributed by atoms with Crippen LogP contribution >= 0.6 is 0 Å². The average molecular weight is 886 g/mol. The maximum atomic E-state index is 13.9. The fourth-order valence-corrected chi connectivity index (χ4v) is 8.59. The van der Waals surface area contributed by atoms with E-state index in [1.807, 2.05) is 33.8 Å². The first-order valence-corrected chi connectivity index (χ1v) is 21.9. The Bertz CT molecular complexity index is 1830. The molecule has 15 nitrogen and oxygen atoms in total. The SMILES string of the molecule is C/C=C/[C@H]1O[C@@](O)([C@@H](C)[C@H](O)[C@H](C)[C@H]2OC(=O)/C(OC)=C\C(C)=C\[C@@H](C)[C@@H](O)[C@@H](CC)[C@@H](O)[C@H](C)C/C(C)=C/C=C/[C@@H]2OC)C[C@@H](OC(=O)/C=C/C(=O)NC2=C(O)CCC2=O)[C@@H]1C. The van der Waals surface area contributed by atoms with Crippen molar-refractivity contribution in [1.82, 2.24) is 5.32 Å². The Morgan fingerprint density at radius 1 is 1.06 bits per heavy atom. The third-order valence-corrected chi connectivity index (χ3v) is 12.6. The van der Waals surface area contributed by atoms with E-state index < -0.39 is 95.8 Å². The summed E-state index contributed by atoms with van der Waals surface area (Å²) in [6, 6.07) is 0. The summed E-state index contributed by atoms with van der Waals surface area (Å²) in [6.45, 7) is 16.1. The molecule has 3 rings (SSSR count). The number of aliphatic hydroxyl groups excluding tert-OH is 4. The van der Waals surface area contributed by atoms with Crippen molar-refractivity contribution in [3.8, 4) is 0 Å². The van der Waals surface area contributed by atoms with Crippen LogP contribution in [0.3, 0.4) is 0 Å². The summed E-state index contributed by atoms with van der Waals surface area (Å²) in [6.07, 6.45) is 7.80. The molecule has 2 aliphatic heterocycles. The van der Waals surface area contributed by atoms with E-state index in [4.69, 9.17) is 23.7 Å². The van der Waals surface area contributed by atoms with Crippen LogP contribution in [0, 0.1) is 35.5 Å². The highest BCUT2D eigenvalue weighted by Crippen LogP contribution is 2.41. The van der Waals surface area contributed by atoms with Gasteiger partial charge in [-0.1, -0.05) is 89.1 Å². The Kier molecular flexibility index (Phi) is 20.2. The number of hydrogen-bond donors (Lipinski definition) is 6. The summed E-state index contributed by atoms with van der Waals surface area (Å²) in [7, 11) is 2.75. The maximum absolute atomic E-state index is 13.9. The normalized spacial score (nSPS) is 36.4. The molecule has 0 aromatic carbocycles. The van der Waals surface area contributed by atoms with Gasteiger partial charge in [-0.3, -0.25) is 9.59 Å². The number of carbonyl (C=O) groups is 4. The summed E-state index contributed by atoms with van der Waals surface area (Å²) < 4.78 is 29.5. The lowest BCUT2D eigenvalue weighted by atomic mass is 9.77. The zero-order chi connectivity index (χ0) is 47.3. The Morgan fingerprint density at radius 3 is 2.33 bits per heavy atom. The second kappa shape index (κ2) is 24.1. The topological polar surface area (TPSA) is 228 Å². The molecule has 352 valence electrons. The van der Waals surface area contributed by atoms with E-state index in [1.54, 1.807) is 65.0 Å². The summed E-state index contributed by atoms with van der Waals surface area (Å²) in [5.74, 6) is -8.99. The van der Waals surface area contributed by atoms with Crippen molar-refractivity contribution in [1.29, 1.82) is 0 Å². The number of carbonyl (C=O) groups excluding carboxylic acids is 4. The van der Waals surface area contributed by atoms with Gasteiger partial charge in [0.15, 0.2) is 11.6 Å². The van der Waals surface area contributed by atoms with Gasteiger partial charge in [0, 0.05) is 68.1 Å². The van der Waals surface area contributed by atoms with Gasteiger partial charge in [0.2, 0.25) is 11.7 Å². The first kappa shape index (κ1) is 53.0. The number of cyclic esters (lactones) is 1. The molecule has 0 aromatic heterocycles. The van der Waals surface area contributed by atoms with Crippen molar-refractivity contribution in [2.24, 2.45) is 35.5 Å². The van der Waals surface area contributed by atoms with Gasteiger partial charge in [-0.25, -0.2) is 9.59 Å². The maximum Gasteiger partial charge on any atom is 0.373 e. The number of nitrogens with one attached hydrogen (secondary N) is 1. The number of methoxy groups -OCH3 is 2. The fourth-order valence-electron chi connectivity index (χ4n) is 8.59. The molecular weight excluding hydrogens is 815 g/mol. The second-order valence-corrected chi connectivity index (χ2v) is 17.4. The van der Waals surface area contributed by atoms with Crippen LogP contribution in [-0.4, -0.2) is 112 Å². The molecule has 1 fully saturated rings. The number of rotatable bonds is 12. The summed E-state index contributed by atoms with van der Waals surface area (Å²) >= 11 is 0. The number of hydrogen-bond acceptors (Lipinski definition) is 14. The molecule has 0 saturated carbocycles. The molecule has 6 N–H and O–H groups in total. The molecular formula is C48H71NO14. The lowest BCUT2D eigenvalue weighted by Crippen LogP contribution is -2.58. The first-order chi connectivity index (χ1) is 29.6. The molecule has 1 saturated heterocycles. The molecule has 0 spiro atoms. The van der Waals surface area contributed by atoms with Gasteiger partial charge in [0.25, 0.3) is 0 Å². The number of ether oxygens (including phenoxy) is 5. The molecule has 0 bridgehead atoms. The molecule has 0 aromatic rings. The Hall–Kier alpha value is -4.38. The molecule has 1 aliphatic carbocycles. The predicted molar refractivity (Wildman–Crippen MR) is 235 cm³/mol. The number of allylic oxidation sites excluding steroid dienone is 8. The molecule has 3 aliphatic rings. The molecule has 1 amide bonds. The van der Waals surface area contributed by atoms with Crippen LogP contribution in [0.2, 0.25) is 0 Å². The number of esters is 2. The van der Waals surface area contributed by atoms with Crippen molar-refractivity contribution < 1.29 is 68.4 Å². The van der Waals surface area contributed by atoms with Crippen LogP contribution in [0.4, 0.5) is 0 Å². The largest absolute Gasteiger partial charge is 0.510 e. The van der Waals surface area contributed by atoms with Gasteiger partial charge in [0.05, 0.1) is 31.5 Å². The molecule has 2 heterocycles.